The summed E-state index contributed by atoms with van der Waals surface area (Å²) in [5.41, 5.74) is 4.66. The van der Waals surface area contributed by atoms with Crippen LogP contribution in [0.3, 0.4) is 0 Å². The topological polar surface area (TPSA) is 90.1 Å². The standard InChI is InChI=1S/C22H24N4O3/c1-5-16(4)23-22(27)21-13-19(17-7-9-18(10-8-17)26(28)29)24-25(21)20-11-6-14(2)12-15(20)3/h6-13,16H,5H2,1-4H3,(H,23,27)/t16-/m0/s1. The zero-order chi connectivity index (χ0) is 21.1. The van der Waals surface area contributed by atoms with Crippen LogP contribution < -0.4 is 5.32 Å². The van der Waals surface area contributed by atoms with Crippen molar-refractivity contribution in [3.05, 3.63) is 75.5 Å². The van der Waals surface area contributed by atoms with Gasteiger partial charge in [-0.2, -0.15) is 5.10 Å². The molecule has 0 aliphatic carbocycles. The first-order valence-electron chi connectivity index (χ1n) is 9.53. The second-order valence-electron chi connectivity index (χ2n) is 7.20. The third-order valence-corrected chi connectivity index (χ3v) is 4.89. The number of aryl methyl sites for hydroxylation is 2. The summed E-state index contributed by atoms with van der Waals surface area (Å²) >= 11 is 0. The molecule has 1 heterocycles. The molecule has 1 N–H and O–H groups in total. The molecule has 0 bridgehead atoms. The molecule has 0 saturated carbocycles. The lowest BCUT2D eigenvalue weighted by molar-refractivity contribution is -0.384. The van der Waals surface area contributed by atoms with Crippen molar-refractivity contribution in [1.82, 2.24) is 15.1 Å². The molecule has 0 unspecified atom stereocenters. The van der Waals surface area contributed by atoms with Crippen LogP contribution in [0.2, 0.25) is 0 Å². The molecule has 3 aromatic rings. The Balaban J connectivity index is 2.10. The Kier molecular flexibility index (Phi) is 5.77. The van der Waals surface area contributed by atoms with E-state index in [2.05, 4.69) is 10.4 Å². The van der Waals surface area contributed by atoms with Crippen LogP contribution in [0, 0.1) is 24.0 Å². The van der Waals surface area contributed by atoms with E-state index in [-0.39, 0.29) is 17.6 Å². The summed E-state index contributed by atoms with van der Waals surface area (Å²) in [5.74, 6) is -0.208. The van der Waals surface area contributed by atoms with E-state index in [1.54, 1.807) is 22.9 Å². The van der Waals surface area contributed by atoms with E-state index in [9.17, 15) is 14.9 Å². The average molecular weight is 392 g/mol. The number of nitro groups is 1. The second kappa shape index (κ2) is 8.26. The third kappa shape index (κ3) is 4.34. The van der Waals surface area contributed by atoms with Gasteiger partial charge in [-0.3, -0.25) is 14.9 Å². The van der Waals surface area contributed by atoms with Gasteiger partial charge in [-0.1, -0.05) is 24.6 Å². The summed E-state index contributed by atoms with van der Waals surface area (Å²) in [5, 5.41) is 18.6. The van der Waals surface area contributed by atoms with Crippen LogP contribution in [-0.4, -0.2) is 26.7 Å². The monoisotopic (exact) mass is 392 g/mol. The minimum Gasteiger partial charge on any atom is -0.348 e. The molecule has 3 rings (SSSR count). The van der Waals surface area contributed by atoms with Crippen molar-refractivity contribution in [3.63, 3.8) is 0 Å². The van der Waals surface area contributed by atoms with Crippen LogP contribution in [-0.2, 0) is 0 Å². The van der Waals surface area contributed by atoms with Crippen molar-refractivity contribution in [3.8, 4) is 16.9 Å². The van der Waals surface area contributed by atoms with Gasteiger partial charge in [0, 0.05) is 23.7 Å². The first kappa shape index (κ1) is 20.3. The van der Waals surface area contributed by atoms with Crippen LogP contribution in [0.4, 0.5) is 5.69 Å². The van der Waals surface area contributed by atoms with E-state index in [0.29, 0.717) is 17.0 Å². The van der Waals surface area contributed by atoms with Gasteiger partial charge in [-0.05, 0) is 57.0 Å². The molecule has 0 saturated heterocycles. The summed E-state index contributed by atoms with van der Waals surface area (Å²) in [7, 11) is 0. The Labute approximate surface area is 169 Å². The predicted molar refractivity (Wildman–Crippen MR) is 112 cm³/mol. The minimum atomic E-state index is -0.441. The van der Waals surface area contributed by atoms with Gasteiger partial charge in [-0.15, -0.1) is 0 Å². The number of amides is 1. The molecule has 1 amide bonds. The minimum absolute atomic E-state index is 0.0114. The number of nitrogens with one attached hydrogen (secondary N) is 1. The third-order valence-electron chi connectivity index (χ3n) is 4.89. The highest BCUT2D eigenvalue weighted by Crippen LogP contribution is 2.25. The largest absolute Gasteiger partial charge is 0.348 e. The van der Waals surface area contributed by atoms with Crippen molar-refractivity contribution >= 4 is 11.6 Å². The number of nitrogens with zero attached hydrogens (tertiary/aromatic N) is 3. The van der Waals surface area contributed by atoms with Gasteiger partial charge >= 0.3 is 0 Å². The normalized spacial score (nSPS) is 11.9. The number of non-ortho nitro benzene ring substituents is 1. The van der Waals surface area contributed by atoms with Crippen LogP contribution >= 0.6 is 0 Å². The van der Waals surface area contributed by atoms with Crippen molar-refractivity contribution in [1.29, 1.82) is 0 Å². The number of carbonyl (C=O) groups is 1. The maximum Gasteiger partial charge on any atom is 0.270 e. The summed E-state index contributed by atoms with van der Waals surface area (Å²) in [6.07, 6.45) is 0.818. The lowest BCUT2D eigenvalue weighted by Crippen LogP contribution is -2.33. The first-order valence-corrected chi connectivity index (χ1v) is 9.53. The Morgan fingerprint density at radius 2 is 1.86 bits per heavy atom. The summed E-state index contributed by atoms with van der Waals surface area (Å²) in [4.78, 5) is 23.4. The van der Waals surface area contributed by atoms with E-state index < -0.39 is 4.92 Å². The lowest BCUT2D eigenvalue weighted by Gasteiger charge is -2.14. The van der Waals surface area contributed by atoms with Gasteiger partial charge < -0.3 is 5.32 Å². The molecule has 1 atom stereocenters. The molecule has 0 aliphatic rings. The van der Waals surface area contributed by atoms with Gasteiger partial charge in [0.25, 0.3) is 11.6 Å². The number of hydrogen-bond donors (Lipinski definition) is 1. The maximum atomic E-state index is 12.9. The van der Waals surface area contributed by atoms with E-state index in [4.69, 9.17) is 0 Å². The van der Waals surface area contributed by atoms with Gasteiger partial charge in [0.05, 0.1) is 16.3 Å². The molecule has 29 heavy (non-hydrogen) atoms. The summed E-state index contributed by atoms with van der Waals surface area (Å²) in [6, 6.07) is 13.9. The van der Waals surface area contributed by atoms with E-state index >= 15 is 0 Å². The Morgan fingerprint density at radius 1 is 1.17 bits per heavy atom. The highest BCUT2D eigenvalue weighted by atomic mass is 16.6. The van der Waals surface area contributed by atoms with E-state index in [1.807, 2.05) is 45.9 Å². The molecular formula is C22H24N4O3. The number of rotatable bonds is 6. The van der Waals surface area contributed by atoms with Crippen molar-refractivity contribution < 1.29 is 9.72 Å². The molecule has 0 fully saturated rings. The Hall–Kier alpha value is -3.48. The molecule has 0 radical (unpaired) electrons. The molecule has 2 aromatic carbocycles. The van der Waals surface area contributed by atoms with Gasteiger partial charge in [0.1, 0.15) is 5.69 Å². The second-order valence-corrected chi connectivity index (χ2v) is 7.20. The average Bonchev–Trinajstić information content (AvgIpc) is 3.13. The number of hydrogen-bond acceptors (Lipinski definition) is 4. The van der Waals surface area contributed by atoms with Gasteiger partial charge in [-0.25, -0.2) is 4.68 Å². The predicted octanol–water partition coefficient (Wildman–Crippen LogP) is 4.59. The van der Waals surface area contributed by atoms with Crippen LogP contribution in [0.5, 0.6) is 0 Å². The van der Waals surface area contributed by atoms with Crippen LogP contribution in [0.15, 0.2) is 48.5 Å². The quantitative estimate of drug-likeness (QED) is 0.491. The lowest BCUT2D eigenvalue weighted by atomic mass is 10.1. The van der Waals surface area contributed by atoms with E-state index in [0.717, 1.165) is 23.2 Å². The summed E-state index contributed by atoms with van der Waals surface area (Å²) in [6.45, 7) is 7.95. The molecular weight excluding hydrogens is 368 g/mol. The van der Waals surface area contributed by atoms with E-state index in [1.165, 1.54) is 12.1 Å². The smallest absolute Gasteiger partial charge is 0.270 e. The van der Waals surface area contributed by atoms with Crippen LogP contribution in [0.1, 0.15) is 41.9 Å². The first-order chi connectivity index (χ1) is 13.8. The molecule has 7 nitrogen and oxygen atoms in total. The number of carbonyl (C=O) groups excluding carboxylic acids is 1. The van der Waals surface area contributed by atoms with Gasteiger partial charge in [0.15, 0.2) is 0 Å². The van der Waals surface area contributed by atoms with Gasteiger partial charge in [0.2, 0.25) is 0 Å². The van der Waals surface area contributed by atoms with Crippen molar-refractivity contribution in [2.45, 2.75) is 40.2 Å². The maximum absolute atomic E-state index is 12.9. The fraction of sp³-hybridized carbons (Fsp3) is 0.273. The highest BCUT2D eigenvalue weighted by molar-refractivity contribution is 5.94. The molecule has 1 aromatic heterocycles. The number of aromatic nitrogens is 2. The zero-order valence-corrected chi connectivity index (χ0v) is 17.0. The Bertz CT molecular complexity index is 1050. The molecule has 150 valence electrons. The Morgan fingerprint density at radius 3 is 2.45 bits per heavy atom. The highest BCUT2D eigenvalue weighted by Gasteiger charge is 2.20. The molecule has 7 heteroatoms. The SMILES string of the molecule is CC[C@H](C)NC(=O)c1cc(-c2ccc([N+](=O)[O-])cc2)nn1-c1ccc(C)cc1C. The number of benzene rings is 2. The summed E-state index contributed by atoms with van der Waals surface area (Å²) < 4.78 is 1.64. The van der Waals surface area contributed by atoms with Crippen LogP contribution in [0.25, 0.3) is 16.9 Å². The fourth-order valence-electron chi connectivity index (χ4n) is 3.06. The fourth-order valence-corrected chi connectivity index (χ4v) is 3.06. The van der Waals surface area contributed by atoms with Crippen molar-refractivity contribution in [2.24, 2.45) is 0 Å². The molecule has 0 spiro atoms. The molecule has 0 aliphatic heterocycles. The zero-order valence-electron chi connectivity index (χ0n) is 17.0. The van der Waals surface area contributed by atoms with Crippen molar-refractivity contribution in [2.75, 3.05) is 0 Å². The number of nitro benzene ring substituents is 1.